The Morgan fingerprint density at radius 3 is 2.41 bits per heavy atom. The fourth-order valence-corrected chi connectivity index (χ4v) is 6.75. The van der Waals surface area contributed by atoms with Crippen LogP contribution < -0.4 is 25.4 Å². The van der Waals surface area contributed by atoms with Crippen molar-refractivity contribution in [2.75, 3.05) is 14.2 Å². The number of hydrogen-bond acceptors (Lipinski definition) is 9. The number of methoxy groups -OCH3 is 2. The lowest BCUT2D eigenvalue weighted by Crippen LogP contribution is -2.68. The fourth-order valence-electron chi connectivity index (χ4n) is 5.76. The lowest BCUT2D eigenvalue weighted by Gasteiger charge is -2.48. The Kier molecular flexibility index (Phi) is 7.30. The number of carbonyl (C=O) groups is 2. The predicted molar refractivity (Wildman–Crippen MR) is 147 cm³/mol. The van der Waals surface area contributed by atoms with E-state index < -0.39 is 22.9 Å². The number of Topliss-reactive ketones (excluding diaryl/α,β-unsaturated/α-hetero) is 1. The molecule has 1 saturated heterocycles. The molecule has 3 aliphatic rings. The summed E-state index contributed by atoms with van der Waals surface area (Å²) in [7, 11) is 3.13. The normalized spacial score (nSPS) is 25.6. The van der Waals surface area contributed by atoms with Crippen molar-refractivity contribution in [1.29, 1.82) is 0 Å². The number of nitro benzene ring substituents is 1. The molecule has 0 aromatic heterocycles. The van der Waals surface area contributed by atoms with E-state index in [1.54, 1.807) is 32.4 Å². The molecule has 0 bridgehead atoms. The number of ketones is 1. The number of amides is 1. The number of hydrogen-bond donors (Lipinski definition) is 3. The molecule has 2 aromatic carbocycles. The third-order valence-corrected chi connectivity index (χ3v) is 8.60. The van der Waals surface area contributed by atoms with Crippen LogP contribution in [0.3, 0.4) is 0 Å². The lowest BCUT2D eigenvalue weighted by molar-refractivity contribution is -0.384. The molecule has 1 amide bonds. The average molecular weight is 553 g/mol. The van der Waals surface area contributed by atoms with Crippen LogP contribution in [0, 0.1) is 21.4 Å². The van der Waals surface area contributed by atoms with Crippen molar-refractivity contribution in [1.82, 2.24) is 16.0 Å². The molecule has 0 spiro atoms. The molecule has 4 unspecified atom stereocenters. The van der Waals surface area contributed by atoms with Crippen LogP contribution in [0.5, 0.6) is 11.5 Å². The van der Waals surface area contributed by atoms with Crippen molar-refractivity contribution in [2.45, 2.75) is 50.0 Å². The van der Waals surface area contributed by atoms with Gasteiger partial charge in [0.15, 0.2) is 17.3 Å². The van der Waals surface area contributed by atoms with E-state index in [4.69, 9.17) is 9.47 Å². The van der Waals surface area contributed by atoms with Crippen molar-refractivity contribution >= 4 is 29.1 Å². The van der Waals surface area contributed by atoms with Crippen LogP contribution in [-0.2, 0) is 15.3 Å². The number of ether oxygens (including phenoxy) is 2. The highest BCUT2D eigenvalue weighted by atomic mass is 32.2. The van der Waals surface area contributed by atoms with E-state index in [-0.39, 0.29) is 28.3 Å². The molecule has 206 valence electrons. The molecule has 39 heavy (non-hydrogen) atoms. The van der Waals surface area contributed by atoms with E-state index in [9.17, 15) is 19.7 Å². The number of nitro groups is 1. The Balaban J connectivity index is 1.44. The van der Waals surface area contributed by atoms with Gasteiger partial charge in [0.25, 0.3) is 5.69 Å². The lowest BCUT2D eigenvalue weighted by atomic mass is 9.66. The van der Waals surface area contributed by atoms with Gasteiger partial charge in [-0.3, -0.25) is 25.0 Å². The molecular weight excluding hydrogens is 520 g/mol. The molecule has 1 fully saturated rings. The van der Waals surface area contributed by atoms with E-state index in [1.807, 2.05) is 12.1 Å². The van der Waals surface area contributed by atoms with Gasteiger partial charge in [-0.1, -0.05) is 32.0 Å². The fraction of sp³-hybridized carbons (Fsp3) is 0.429. The molecule has 1 aliphatic carbocycles. The summed E-state index contributed by atoms with van der Waals surface area (Å²) in [5.41, 5.74) is 2.72. The second-order valence-electron chi connectivity index (χ2n) is 10.9. The molecule has 2 aliphatic heterocycles. The van der Waals surface area contributed by atoms with Crippen molar-refractivity contribution in [3.63, 3.8) is 0 Å². The molecule has 2 heterocycles. The average Bonchev–Trinajstić information content (AvgIpc) is 2.89. The Hall–Kier alpha value is -3.57. The molecule has 0 saturated carbocycles. The first kappa shape index (κ1) is 27.0. The van der Waals surface area contributed by atoms with Crippen LogP contribution in [0.25, 0.3) is 0 Å². The van der Waals surface area contributed by atoms with Gasteiger partial charge < -0.3 is 20.1 Å². The first-order valence-corrected chi connectivity index (χ1v) is 13.8. The number of carbonyl (C=O) groups excluding carboxylic acids is 2. The van der Waals surface area contributed by atoms with Crippen LogP contribution in [-0.4, -0.2) is 42.5 Å². The van der Waals surface area contributed by atoms with E-state index in [1.165, 1.54) is 23.9 Å². The van der Waals surface area contributed by atoms with Crippen LogP contribution in [0.4, 0.5) is 5.69 Å². The number of rotatable bonds is 7. The minimum atomic E-state index is -0.566. The molecule has 0 radical (unpaired) electrons. The zero-order valence-electron chi connectivity index (χ0n) is 22.3. The van der Waals surface area contributed by atoms with Gasteiger partial charge in [0, 0.05) is 41.5 Å². The van der Waals surface area contributed by atoms with Crippen LogP contribution >= 0.6 is 11.8 Å². The van der Waals surface area contributed by atoms with Gasteiger partial charge in [-0.15, -0.1) is 11.8 Å². The topological polar surface area (TPSA) is 132 Å². The van der Waals surface area contributed by atoms with E-state index >= 15 is 0 Å². The van der Waals surface area contributed by atoms with E-state index in [2.05, 4.69) is 29.8 Å². The maximum absolute atomic E-state index is 13.7. The van der Waals surface area contributed by atoms with Crippen molar-refractivity contribution < 1.29 is 24.0 Å². The zero-order chi connectivity index (χ0) is 27.9. The first-order chi connectivity index (χ1) is 18.6. The largest absolute Gasteiger partial charge is 0.493 e. The highest BCUT2D eigenvalue weighted by molar-refractivity contribution is 7.99. The third kappa shape index (κ3) is 5.33. The standard InChI is InChI=1S/C28H32N4O6S/c1-28(2)12-18-23(19(33)13-28)22(16-7-10-20(37-3)21(11-16)38-4)24-25(29-18)30-27(31-26(24)34)39-14-15-5-8-17(9-6-15)32(35)36/h5-11,22,24-25,27,29-30H,12-14H2,1-4H3,(H,31,34). The molecule has 11 heteroatoms. The first-order valence-electron chi connectivity index (χ1n) is 12.8. The quantitative estimate of drug-likeness (QED) is 0.346. The Bertz CT molecular complexity index is 1340. The van der Waals surface area contributed by atoms with Gasteiger partial charge in [0.05, 0.1) is 31.2 Å². The van der Waals surface area contributed by atoms with Gasteiger partial charge in [-0.05, 0) is 35.1 Å². The summed E-state index contributed by atoms with van der Waals surface area (Å²) in [6.45, 7) is 4.16. The van der Waals surface area contributed by atoms with Crippen molar-refractivity contribution in [3.05, 3.63) is 75.0 Å². The maximum atomic E-state index is 13.7. The second kappa shape index (κ2) is 10.5. The second-order valence-corrected chi connectivity index (χ2v) is 12.0. The van der Waals surface area contributed by atoms with Gasteiger partial charge >= 0.3 is 0 Å². The highest BCUT2D eigenvalue weighted by Gasteiger charge is 2.51. The molecule has 3 N–H and O–H groups in total. The number of benzene rings is 2. The summed E-state index contributed by atoms with van der Waals surface area (Å²) in [6, 6.07) is 11.9. The van der Waals surface area contributed by atoms with Gasteiger partial charge in [-0.2, -0.15) is 0 Å². The van der Waals surface area contributed by atoms with E-state index in [0.29, 0.717) is 35.7 Å². The summed E-state index contributed by atoms with van der Waals surface area (Å²) in [5, 5.41) is 21.0. The van der Waals surface area contributed by atoms with E-state index in [0.717, 1.165) is 16.8 Å². The summed E-state index contributed by atoms with van der Waals surface area (Å²) < 4.78 is 11.0. The Morgan fingerprint density at radius 2 is 1.74 bits per heavy atom. The van der Waals surface area contributed by atoms with Crippen molar-refractivity contribution in [2.24, 2.45) is 11.3 Å². The summed E-state index contributed by atoms with van der Waals surface area (Å²) >= 11 is 1.49. The summed E-state index contributed by atoms with van der Waals surface area (Å²) in [4.78, 5) is 37.7. The maximum Gasteiger partial charge on any atom is 0.269 e. The van der Waals surface area contributed by atoms with Gasteiger partial charge in [0.2, 0.25) is 5.91 Å². The number of nitrogens with zero attached hydrogens (tertiary/aromatic N) is 1. The summed E-state index contributed by atoms with van der Waals surface area (Å²) in [6.07, 6.45) is 0.717. The number of allylic oxidation sites excluding steroid dienone is 2. The molecular formula is C28H32N4O6S. The molecule has 2 aromatic rings. The number of non-ortho nitro benzene ring substituents is 1. The highest BCUT2D eigenvalue weighted by Crippen LogP contribution is 2.48. The van der Waals surface area contributed by atoms with Crippen molar-refractivity contribution in [3.8, 4) is 11.5 Å². The molecule has 10 nitrogen and oxygen atoms in total. The Morgan fingerprint density at radius 1 is 1.03 bits per heavy atom. The number of fused-ring (bicyclic) bond motifs is 1. The van der Waals surface area contributed by atoms with Crippen LogP contribution in [0.1, 0.15) is 43.7 Å². The minimum absolute atomic E-state index is 0.0392. The predicted octanol–water partition coefficient (Wildman–Crippen LogP) is 3.82. The zero-order valence-corrected chi connectivity index (χ0v) is 23.1. The Labute approximate surface area is 231 Å². The third-order valence-electron chi connectivity index (χ3n) is 7.52. The van der Waals surface area contributed by atoms with Crippen LogP contribution in [0.15, 0.2) is 53.7 Å². The van der Waals surface area contributed by atoms with Gasteiger partial charge in [0.1, 0.15) is 5.50 Å². The summed E-state index contributed by atoms with van der Waals surface area (Å²) in [5.74, 6) is 0.533. The smallest absolute Gasteiger partial charge is 0.269 e. The number of thioether (sulfide) groups is 1. The molecule has 5 rings (SSSR count). The molecule has 4 atom stereocenters. The van der Waals surface area contributed by atoms with Crippen LogP contribution in [0.2, 0.25) is 0 Å². The monoisotopic (exact) mass is 552 g/mol. The number of nitrogens with one attached hydrogen (secondary N) is 3. The SMILES string of the molecule is COc1ccc(C2C3=C(CC(C)(C)CC3=O)NC3NC(SCc4ccc([N+](=O)[O-])cc4)NC(=O)C32)cc1OC. The van der Waals surface area contributed by atoms with Gasteiger partial charge in [-0.25, -0.2) is 0 Å². The minimum Gasteiger partial charge on any atom is -0.493 e.